The van der Waals surface area contributed by atoms with Crippen LogP contribution in [0.5, 0.6) is 0 Å². The van der Waals surface area contributed by atoms with Crippen LogP contribution < -0.4 is 5.32 Å². The third-order valence-electron chi connectivity index (χ3n) is 4.08. The molecule has 0 aromatic heterocycles. The molecule has 112 valence electrons. The molecule has 1 N–H and O–H groups in total. The van der Waals surface area contributed by atoms with Crippen LogP contribution in [0.3, 0.4) is 0 Å². The van der Waals surface area contributed by atoms with E-state index < -0.39 is 11.6 Å². The van der Waals surface area contributed by atoms with Gasteiger partial charge in [0.1, 0.15) is 18.2 Å². The number of hydroxylamine groups is 2. The minimum absolute atomic E-state index is 0.107. The van der Waals surface area contributed by atoms with E-state index in [0.29, 0.717) is 26.0 Å². The fraction of sp³-hybridized carbons (Fsp3) is 0.467. The zero-order valence-corrected chi connectivity index (χ0v) is 11.9. The lowest BCUT2D eigenvalue weighted by Gasteiger charge is -2.45. The molecule has 2 saturated heterocycles. The molecule has 2 fully saturated rings. The summed E-state index contributed by atoms with van der Waals surface area (Å²) in [6, 6.07) is 9.29. The molecule has 0 bridgehead atoms. The van der Waals surface area contributed by atoms with Crippen molar-refractivity contribution >= 4 is 11.9 Å². The average Bonchev–Trinajstić information content (AvgIpc) is 2.98. The molecular formula is C15H18N2O4. The molecular weight excluding hydrogens is 272 g/mol. The van der Waals surface area contributed by atoms with Gasteiger partial charge in [-0.2, -0.15) is 0 Å². The SMILES string of the molecule is COC(=O)C1CCC2(CN(OCc3ccccc3)C2=O)N1. The number of benzene rings is 1. The summed E-state index contributed by atoms with van der Waals surface area (Å²) in [6.07, 6.45) is 1.25. The van der Waals surface area contributed by atoms with Crippen molar-refractivity contribution in [1.82, 2.24) is 10.4 Å². The molecule has 3 rings (SSSR count). The van der Waals surface area contributed by atoms with E-state index in [2.05, 4.69) is 5.32 Å². The smallest absolute Gasteiger partial charge is 0.322 e. The predicted molar refractivity (Wildman–Crippen MR) is 73.8 cm³/mol. The van der Waals surface area contributed by atoms with Gasteiger partial charge in [0, 0.05) is 0 Å². The second-order valence-corrected chi connectivity index (χ2v) is 5.44. The Morgan fingerprint density at radius 2 is 2.19 bits per heavy atom. The Labute approximate surface area is 123 Å². The molecule has 2 unspecified atom stereocenters. The first kappa shape index (κ1) is 14.0. The third-order valence-corrected chi connectivity index (χ3v) is 4.08. The van der Waals surface area contributed by atoms with E-state index >= 15 is 0 Å². The van der Waals surface area contributed by atoms with Crippen molar-refractivity contribution in [3.8, 4) is 0 Å². The minimum atomic E-state index is -0.643. The van der Waals surface area contributed by atoms with Gasteiger partial charge in [0.05, 0.1) is 13.7 Å². The van der Waals surface area contributed by atoms with E-state index in [1.807, 2.05) is 30.3 Å². The summed E-state index contributed by atoms with van der Waals surface area (Å²) >= 11 is 0. The molecule has 0 saturated carbocycles. The van der Waals surface area contributed by atoms with Crippen LogP contribution in [0, 0.1) is 0 Å². The number of ether oxygens (including phenoxy) is 1. The van der Waals surface area contributed by atoms with Crippen LogP contribution in [0.25, 0.3) is 0 Å². The number of esters is 1. The van der Waals surface area contributed by atoms with Crippen molar-refractivity contribution in [2.24, 2.45) is 0 Å². The van der Waals surface area contributed by atoms with Gasteiger partial charge in [-0.15, -0.1) is 0 Å². The number of carbonyl (C=O) groups excluding carboxylic acids is 2. The van der Waals surface area contributed by atoms with Crippen LogP contribution in [0.1, 0.15) is 18.4 Å². The molecule has 6 heteroatoms. The minimum Gasteiger partial charge on any atom is -0.468 e. The van der Waals surface area contributed by atoms with Gasteiger partial charge in [0.15, 0.2) is 0 Å². The lowest BCUT2D eigenvalue weighted by atomic mass is 9.89. The number of carbonyl (C=O) groups is 2. The fourth-order valence-corrected chi connectivity index (χ4v) is 2.84. The van der Waals surface area contributed by atoms with E-state index in [-0.39, 0.29) is 11.9 Å². The maximum atomic E-state index is 12.2. The van der Waals surface area contributed by atoms with E-state index in [4.69, 9.17) is 9.57 Å². The Balaban J connectivity index is 1.53. The topological polar surface area (TPSA) is 67.9 Å². The highest BCUT2D eigenvalue weighted by molar-refractivity contribution is 5.93. The van der Waals surface area contributed by atoms with Crippen LogP contribution in [0.4, 0.5) is 0 Å². The summed E-state index contributed by atoms with van der Waals surface area (Å²) in [5.41, 5.74) is 0.369. The third kappa shape index (κ3) is 2.52. The second kappa shape index (κ2) is 5.46. The monoisotopic (exact) mass is 290 g/mol. The Kier molecular flexibility index (Phi) is 3.65. The summed E-state index contributed by atoms with van der Waals surface area (Å²) < 4.78 is 4.71. The Hall–Kier alpha value is -1.92. The molecule has 2 aliphatic heterocycles. The molecule has 2 heterocycles. The van der Waals surface area contributed by atoms with E-state index in [0.717, 1.165) is 5.56 Å². The number of β-lactam (4-membered cyclic amide) rings is 1. The highest BCUT2D eigenvalue weighted by Gasteiger charge is 2.58. The van der Waals surface area contributed by atoms with Gasteiger partial charge < -0.3 is 4.74 Å². The summed E-state index contributed by atoms with van der Waals surface area (Å²) in [6.45, 7) is 0.829. The first-order valence-corrected chi connectivity index (χ1v) is 6.99. The fourth-order valence-electron chi connectivity index (χ4n) is 2.84. The molecule has 1 aromatic rings. The summed E-state index contributed by atoms with van der Waals surface area (Å²) in [5.74, 6) is -0.423. The standard InChI is InChI=1S/C15H18N2O4/c1-20-13(18)12-7-8-15(16-12)10-17(14(15)19)21-9-11-5-3-2-4-6-11/h2-6,12,16H,7-10H2,1H3. The van der Waals surface area contributed by atoms with Gasteiger partial charge >= 0.3 is 5.97 Å². The number of nitrogens with one attached hydrogen (secondary N) is 1. The number of hydrogen-bond acceptors (Lipinski definition) is 5. The van der Waals surface area contributed by atoms with Crippen LogP contribution in [-0.2, 0) is 25.8 Å². The molecule has 21 heavy (non-hydrogen) atoms. The maximum Gasteiger partial charge on any atom is 0.322 e. The highest BCUT2D eigenvalue weighted by Crippen LogP contribution is 2.34. The molecule has 1 amide bonds. The van der Waals surface area contributed by atoms with Gasteiger partial charge in [-0.3, -0.25) is 19.7 Å². The summed E-state index contributed by atoms with van der Waals surface area (Å²) in [4.78, 5) is 29.3. The Morgan fingerprint density at radius 1 is 1.43 bits per heavy atom. The quantitative estimate of drug-likeness (QED) is 0.650. The van der Waals surface area contributed by atoms with Gasteiger partial charge in [0.25, 0.3) is 5.91 Å². The normalized spacial score (nSPS) is 27.8. The molecule has 1 aromatic carbocycles. The predicted octanol–water partition coefficient (Wildman–Crippen LogP) is 0.624. The van der Waals surface area contributed by atoms with E-state index in [1.54, 1.807) is 0 Å². The van der Waals surface area contributed by atoms with E-state index in [1.165, 1.54) is 12.2 Å². The summed E-state index contributed by atoms with van der Waals surface area (Å²) in [5, 5.41) is 4.45. The lowest BCUT2D eigenvalue weighted by Crippen LogP contribution is -2.71. The maximum absolute atomic E-state index is 12.2. The van der Waals surface area contributed by atoms with Crippen LogP contribution in [0.2, 0.25) is 0 Å². The number of hydrogen-bond donors (Lipinski definition) is 1. The number of nitrogens with zero attached hydrogens (tertiary/aromatic N) is 1. The van der Waals surface area contributed by atoms with Crippen LogP contribution in [-0.4, -0.2) is 42.2 Å². The van der Waals surface area contributed by atoms with Crippen molar-refractivity contribution in [3.63, 3.8) is 0 Å². The zero-order chi connectivity index (χ0) is 14.9. The molecule has 2 atom stereocenters. The number of rotatable bonds is 4. The first-order chi connectivity index (χ1) is 10.1. The van der Waals surface area contributed by atoms with Crippen LogP contribution in [0.15, 0.2) is 30.3 Å². The van der Waals surface area contributed by atoms with Crippen molar-refractivity contribution in [2.75, 3.05) is 13.7 Å². The number of methoxy groups -OCH3 is 1. The van der Waals surface area contributed by atoms with Crippen molar-refractivity contribution in [3.05, 3.63) is 35.9 Å². The van der Waals surface area contributed by atoms with E-state index in [9.17, 15) is 9.59 Å². The highest BCUT2D eigenvalue weighted by atomic mass is 16.7. The second-order valence-electron chi connectivity index (χ2n) is 5.44. The van der Waals surface area contributed by atoms with Gasteiger partial charge in [-0.25, -0.2) is 5.06 Å². The number of amides is 1. The average molecular weight is 290 g/mol. The van der Waals surface area contributed by atoms with Crippen molar-refractivity contribution < 1.29 is 19.2 Å². The zero-order valence-electron chi connectivity index (χ0n) is 11.9. The van der Waals surface area contributed by atoms with Gasteiger partial charge in [-0.1, -0.05) is 30.3 Å². The molecule has 1 spiro atoms. The molecule has 2 aliphatic rings. The molecule has 0 radical (unpaired) electrons. The lowest BCUT2D eigenvalue weighted by molar-refractivity contribution is -0.231. The van der Waals surface area contributed by atoms with Gasteiger partial charge in [-0.05, 0) is 18.4 Å². The van der Waals surface area contributed by atoms with Gasteiger partial charge in [0.2, 0.25) is 0 Å². The van der Waals surface area contributed by atoms with Crippen LogP contribution >= 0.6 is 0 Å². The Morgan fingerprint density at radius 3 is 2.86 bits per heavy atom. The molecule has 6 nitrogen and oxygen atoms in total. The largest absolute Gasteiger partial charge is 0.468 e. The van der Waals surface area contributed by atoms with Crippen molar-refractivity contribution in [1.29, 1.82) is 0 Å². The first-order valence-electron chi connectivity index (χ1n) is 6.99. The molecule has 0 aliphatic carbocycles. The van der Waals surface area contributed by atoms with Crippen molar-refractivity contribution in [2.45, 2.75) is 31.0 Å². The summed E-state index contributed by atoms with van der Waals surface area (Å²) in [7, 11) is 1.35. The Bertz CT molecular complexity index is 548.